The normalized spacial score (nSPS) is 15.8. The van der Waals surface area contributed by atoms with Crippen LogP contribution < -0.4 is 11.0 Å². The van der Waals surface area contributed by atoms with Crippen LogP contribution in [0.3, 0.4) is 0 Å². The maximum absolute atomic E-state index is 13.9. The predicted octanol–water partition coefficient (Wildman–Crippen LogP) is 1.53. The molecular weight excluding hydrogens is 318 g/mol. The number of carbonyl (C=O) groups excluding carboxylic acids is 1. The molecule has 1 aliphatic rings. The average molecular weight is 336 g/mol. The van der Waals surface area contributed by atoms with Gasteiger partial charge in [-0.05, 0) is 36.3 Å². The standard InChI is InChI=1S/C16H18F2N4O2/c1-22-15(24)20-13(21-22)14(23)19-9-16(5-2-6-16)8-10-3-4-11(17)7-12(10)18/h3-4,7H,2,5-6,8-9H2,1H3,(H,19,23)(H,20,21,24). The molecule has 1 heterocycles. The van der Waals surface area contributed by atoms with Gasteiger partial charge in [0.25, 0.3) is 5.91 Å². The molecule has 1 aromatic heterocycles. The first kappa shape index (κ1) is 16.4. The number of hydrogen-bond acceptors (Lipinski definition) is 3. The Balaban J connectivity index is 1.67. The molecule has 1 fully saturated rings. The zero-order valence-electron chi connectivity index (χ0n) is 13.2. The number of aromatic nitrogens is 3. The zero-order chi connectivity index (χ0) is 17.3. The summed E-state index contributed by atoms with van der Waals surface area (Å²) in [6.07, 6.45) is 3.13. The smallest absolute Gasteiger partial charge is 0.343 e. The Morgan fingerprint density at radius 3 is 2.71 bits per heavy atom. The van der Waals surface area contributed by atoms with Gasteiger partial charge in [-0.2, -0.15) is 0 Å². The number of aryl methyl sites for hydroxylation is 1. The Bertz CT molecular complexity index is 824. The highest BCUT2D eigenvalue weighted by Crippen LogP contribution is 2.43. The van der Waals surface area contributed by atoms with Crippen LogP contribution in [0.1, 0.15) is 35.4 Å². The van der Waals surface area contributed by atoms with Gasteiger partial charge in [-0.3, -0.25) is 9.78 Å². The van der Waals surface area contributed by atoms with Crippen molar-refractivity contribution in [2.24, 2.45) is 12.5 Å². The molecule has 1 amide bonds. The van der Waals surface area contributed by atoms with Crippen molar-refractivity contribution in [1.29, 1.82) is 0 Å². The van der Waals surface area contributed by atoms with Crippen molar-refractivity contribution in [2.45, 2.75) is 25.7 Å². The second-order valence-electron chi connectivity index (χ2n) is 6.35. The lowest BCUT2D eigenvalue weighted by molar-refractivity contribution is 0.0848. The zero-order valence-corrected chi connectivity index (χ0v) is 13.2. The molecule has 0 atom stereocenters. The molecule has 24 heavy (non-hydrogen) atoms. The largest absolute Gasteiger partial charge is 0.349 e. The summed E-state index contributed by atoms with van der Waals surface area (Å²) in [7, 11) is 1.44. The first-order valence-electron chi connectivity index (χ1n) is 7.74. The van der Waals surface area contributed by atoms with E-state index in [4.69, 9.17) is 0 Å². The van der Waals surface area contributed by atoms with Gasteiger partial charge in [-0.15, -0.1) is 5.10 Å². The van der Waals surface area contributed by atoms with Crippen molar-refractivity contribution in [1.82, 2.24) is 20.1 Å². The Kier molecular flexibility index (Phi) is 4.21. The van der Waals surface area contributed by atoms with E-state index in [9.17, 15) is 18.4 Å². The van der Waals surface area contributed by atoms with E-state index in [1.165, 1.54) is 19.2 Å². The molecule has 1 saturated carbocycles. The number of carbonyl (C=O) groups is 1. The second-order valence-corrected chi connectivity index (χ2v) is 6.35. The van der Waals surface area contributed by atoms with Crippen LogP contribution in [0.2, 0.25) is 0 Å². The number of amides is 1. The van der Waals surface area contributed by atoms with Crippen molar-refractivity contribution in [2.75, 3.05) is 6.54 Å². The van der Waals surface area contributed by atoms with Gasteiger partial charge >= 0.3 is 5.69 Å². The fraction of sp³-hybridized carbons (Fsp3) is 0.438. The first-order chi connectivity index (χ1) is 11.4. The maximum atomic E-state index is 13.9. The fourth-order valence-corrected chi connectivity index (χ4v) is 3.02. The SMILES string of the molecule is Cn1nc(C(=O)NCC2(Cc3ccc(F)cc3F)CCC2)[nH]c1=O. The molecule has 2 N–H and O–H groups in total. The number of aromatic amines is 1. The van der Waals surface area contributed by atoms with E-state index in [0.29, 0.717) is 18.5 Å². The van der Waals surface area contributed by atoms with Gasteiger partial charge in [-0.1, -0.05) is 12.5 Å². The van der Waals surface area contributed by atoms with Crippen LogP contribution in [0.25, 0.3) is 0 Å². The quantitative estimate of drug-likeness (QED) is 0.869. The Hall–Kier alpha value is -2.51. The lowest BCUT2D eigenvalue weighted by Crippen LogP contribution is -2.44. The summed E-state index contributed by atoms with van der Waals surface area (Å²) in [6, 6.07) is 3.56. The molecule has 8 heteroatoms. The van der Waals surface area contributed by atoms with E-state index < -0.39 is 23.2 Å². The van der Waals surface area contributed by atoms with Crippen LogP contribution in [-0.2, 0) is 13.5 Å². The lowest BCUT2D eigenvalue weighted by atomic mass is 9.65. The van der Waals surface area contributed by atoms with E-state index in [0.717, 1.165) is 30.0 Å². The van der Waals surface area contributed by atoms with Crippen LogP contribution in [0.5, 0.6) is 0 Å². The average Bonchev–Trinajstić information content (AvgIpc) is 2.83. The van der Waals surface area contributed by atoms with Crippen molar-refractivity contribution in [3.8, 4) is 0 Å². The van der Waals surface area contributed by atoms with Gasteiger partial charge in [0.15, 0.2) is 0 Å². The lowest BCUT2D eigenvalue weighted by Gasteiger charge is -2.42. The van der Waals surface area contributed by atoms with Crippen LogP contribution in [0, 0.1) is 17.0 Å². The van der Waals surface area contributed by atoms with Gasteiger partial charge in [0, 0.05) is 19.7 Å². The van der Waals surface area contributed by atoms with E-state index in [1.807, 2.05) is 0 Å². The highest BCUT2D eigenvalue weighted by Gasteiger charge is 2.38. The van der Waals surface area contributed by atoms with Crippen LogP contribution in [0.4, 0.5) is 8.78 Å². The molecule has 0 radical (unpaired) electrons. The summed E-state index contributed by atoms with van der Waals surface area (Å²) in [5, 5.41) is 6.55. The second kappa shape index (κ2) is 6.18. The van der Waals surface area contributed by atoms with E-state index in [-0.39, 0.29) is 11.2 Å². The van der Waals surface area contributed by atoms with Crippen molar-refractivity contribution in [3.63, 3.8) is 0 Å². The van der Waals surface area contributed by atoms with E-state index in [2.05, 4.69) is 15.4 Å². The summed E-state index contributed by atoms with van der Waals surface area (Å²) < 4.78 is 27.9. The number of benzene rings is 1. The molecule has 3 rings (SSSR count). The van der Waals surface area contributed by atoms with Gasteiger partial charge in [0.2, 0.25) is 5.82 Å². The monoisotopic (exact) mass is 336 g/mol. The Labute approximate surface area is 136 Å². The van der Waals surface area contributed by atoms with E-state index in [1.54, 1.807) is 0 Å². The fourth-order valence-electron chi connectivity index (χ4n) is 3.02. The summed E-state index contributed by atoms with van der Waals surface area (Å²) in [5.41, 5.74) is -0.271. The minimum absolute atomic E-state index is 0.0510. The van der Waals surface area contributed by atoms with Crippen molar-refractivity contribution >= 4 is 5.91 Å². The third-order valence-corrected chi connectivity index (χ3v) is 4.60. The Morgan fingerprint density at radius 1 is 1.42 bits per heavy atom. The number of nitrogens with zero attached hydrogens (tertiary/aromatic N) is 2. The van der Waals surface area contributed by atoms with Crippen LogP contribution >= 0.6 is 0 Å². The highest BCUT2D eigenvalue weighted by atomic mass is 19.1. The first-order valence-corrected chi connectivity index (χ1v) is 7.74. The van der Waals surface area contributed by atoms with E-state index >= 15 is 0 Å². The third-order valence-electron chi connectivity index (χ3n) is 4.60. The minimum Gasteiger partial charge on any atom is -0.349 e. The summed E-state index contributed by atoms with van der Waals surface area (Å²) in [6.45, 7) is 0.348. The van der Waals surface area contributed by atoms with Gasteiger partial charge in [0.1, 0.15) is 11.6 Å². The molecule has 0 saturated heterocycles. The molecule has 0 bridgehead atoms. The number of nitrogens with one attached hydrogen (secondary N) is 2. The summed E-state index contributed by atoms with van der Waals surface area (Å²) in [5.74, 6) is -1.70. The number of hydrogen-bond donors (Lipinski definition) is 2. The predicted molar refractivity (Wildman–Crippen MR) is 82.5 cm³/mol. The molecule has 128 valence electrons. The maximum Gasteiger partial charge on any atom is 0.343 e. The van der Waals surface area contributed by atoms with Crippen molar-refractivity contribution in [3.05, 3.63) is 51.7 Å². The molecule has 0 aliphatic heterocycles. The number of H-pyrrole nitrogens is 1. The van der Waals surface area contributed by atoms with Gasteiger partial charge in [-0.25, -0.2) is 18.3 Å². The molecule has 1 aromatic carbocycles. The van der Waals surface area contributed by atoms with Crippen LogP contribution in [0.15, 0.2) is 23.0 Å². The molecule has 0 unspecified atom stereocenters. The minimum atomic E-state index is -0.605. The van der Waals surface area contributed by atoms with Crippen LogP contribution in [-0.4, -0.2) is 27.2 Å². The topological polar surface area (TPSA) is 79.8 Å². The third kappa shape index (κ3) is 3.22. The van der Waals surface area contributed by atoms with Gasteiger partial charge in [0.05, 0.1) is 0 Å². The molecule has 6 nitrogen and oxygen atoms in total. The summed E-state index contributed by atoms with van der Waals surface area (Å²) in [4.78, 5) is 25.8. The molecular formula is C16H18F2N4O2. The van der Waals surface area contributed by atoms with Crippen molar-refractivity contribution < 1.29 is 13.6 Å². The molecule has 2 aromatic rings. The summed E-state index contributed by atoms with van der Waals surface area (Å²) >= 11 is 0. The number of rotatable bonds is 5. The Morgan fingerprint density at radius 2 is 2.17 bits per heavy atom. The molecule has 1 aliphatic carbocycles. The molecule has 0 spiro atoms. The highest BCUT2D eigenvalue weighted by molar-refractivity contribution is 5.90. The van der Waals surface area contributed by atoms with Gasteiger partial charge < -0.3 is 5.32 Å². The number of halogens is 2.